The fourth-order valence-corrected chi connectivity index (χ4v) is 3.91. The Bertz CT molecular complexity index is 595. The molecular weight excluding hydrogens is 290 g/mol. The second kappa shape index (κ2) is 6.58. The van der Waals surface area contributed by atoms with Crippen LogP contribution in [0, 0.1) is 5.92 Å². The molecular formula is C15H21NO4S. The molecule has 6 heteroatoms. The molecule has 1 fully saturated rings. The highest BCUT2D eigenvalue weighted by Crippen LogP contribution is 2.19. The Morgan fingerprint density at radius 2 is 2.00 bits per heavy atom. The fraction of sp³-hybridized carbons (Fsp3) is 0.533. The molecule has 0 saturated carbocycles. The molecule has 1 unspecified atom stereocenters. The predicted octanol–water partition coefficient (Wildman–Crippen LogP) is 1.89. The Labute approximate surface area is 125 Å². The van der Waals surface area contributed by atoms with Gasteiger partial charge in [-0.25, -0.2) is 13.2 Å². The molecule has 116 valence electrons. The minimum absolute atomic E-state index is 0.0792. The Morgan fingerprint density at radius 3 is 2.52 bits per heavy atom. The highest BCUT2D eigenvalue weighted by Gasteiger charge is 2.23. The van der Waals surface area contributed by atoms with Crippen molar-refractivity contribution < 1.29 is 18.3 Å². The van der Waals surface area contributed by atoms with Gasteiger partial charge in [0.2, 0.25) is 0 Å². The maximum Gasteiger partial charge on any atom is 0.335 e. The van der Waals surface area contributed by atoms with Gasteiger partial charge in [-0.1, -0.05) is 13.3 Å². The van der Waals surface area contributed by atoms with Crippen LogP contribution < -0.4 is 0 Å². The highest BCUT2D eigenvalue weighted by atomic mass is 32.2. The number of carbonyl (C=O) groups is 1. The van der Waals surface area contributed by atoms with Crippen molar-refractivity contribution in [1.29, 1.82) is 0 Å². The third kappa shape index (κ3) is 4.04. The SMILES string of the molecule is CCC1CCN(CCS(=O)(=O)c2ccc(C(=O)O)cc2)C1. The van der Waals surface area contributed by atoms with Crippen molar-refractivity contribution in [3.63, 3.8) is 0 Å². The smallest absolute Gasteiger partial charge is 0.335 e. The number of aromatic carboxylic acids is 1. The molecule has 0 aromatic heterocycles. The van der Waals surface area contributed by atoms with Crippen LogP contribution in [0.4, 0.5) is 0 Å². The van der Waals surface area contributed by atoms with Crippen LogP contribution in [0.5, 0.6) is 0 Å². The maximum absolute atomic E-state index is 12.2. The molecule has 1 aliphatic rings. The first-order chi connectivity index (χ1) is 9.92. The van der Waals surface area contributed by atoms with E-state index in [0.29, 0.717) is 12.5 Å². The van der Waals surface area contributed by atoms with Crippen molar-refractivity contribution in [2.45, 2.75) is 24.7 Å². The van der Waals surface area contributed by atoms with E-state index in [-0.39, 0.29) is 16.2 Å². The molecule has 1 N–H and O–H groups in total. The van der Waals surface area contributed by atoms with E-state index in [1.807, 2.05) is 0 Å². The van der Waals surface area contributed by atoms with Gasteiger partial charge in [0.05, 0.1) is 16.2 Å². The lowest BCUT2D eigenvalue weighted by molar-refractivity contribution is 0.0696. The molecule has 2 rings (SSSR count). The minimum Gasteiger partial charge on any atom is -0.478 e. The molecule has 0 bridgehead atoms. The monoisotopic (exact) mass is 311 g/mol. The number of likely N-dealkylation sites (tertiary alicyclic amines) is 1. The lowest BCUT2D eigenvalue weighted by Gasteiger charge is -2.15. The van der Waals surface area contributed by atoms with E-state index in [1.165, 1.54) is 24.3 Å². The largest absolute Gasteiger partial charge is 0.478 e. The standard InChI is InChI=1S/C15H21NO4S/c1-2-12-7-8-16(11-12)9-10-21(19,20)14-5-3-13(4-6-14)15(17)18/h3-6,12H,2,7-11H2,1H3,(H,17,18). The number of rotatable bonds is 6. The lowest BCUT2D eigenvalue weighted by atomic mass is 10.1. The van der Waals surface area contributed by atoms with Gasteiger partial charge in [0.25, 0.3) is 0 Å². The zero-order chi connectivity index (χ0) is 15.5. The van der Waals surface area contributed by atoms with Crippen molar-refractivity contribution in [2.24, 2.45) is 5.92 Å². The van der Waals surface area contributed by atoms with E-state index in [4.69, 9.17) is 5.11 Å². The zero-order valence-electron chi connectivity index (χ0n) is 12.2. The number of carboxylic acids is 1. The molecule has 0 amide bonds. The number of nitrogens with zero attached hydrogens (tertiary/aromatic N) is 1. The summed E-state index contributed by atoms with van der Waals surface area (Å²) in [5.74, 6) is -0.292. The Balaban J connectivity index is 1.97. The van der Waals surface area contributed by atoms with Crippen LogP contribution in [-0.2, 0) is 9.84 Å². The van der Waals surface area contributed by atoms with Gasteiger partial charge in [-0.05, 0) is 43.1 Å². The van der Waals surface area contributed by atoms with Crippen LogP contribution in [0.3, 0.4) is 0 Å². The molecule has 1 aliphatic heterocycles. The topological polar surface area (TPSA) is 74.7 Å². The summed E-state index contributed by atoms with van der Waals surface area (Å²) in [7, 11) is -3.35. The van der Waals surface area contributed by atoms with Gasteiger partial charge in [-0.3, -0.25) is 0 Å². The van der Waals surface area contributed by atoms with Gasteiger partial charge < -0.3 is 10.0 Å². The van der Waals surface area contributed by atoms with Crippen molar-refractivity contribution in [3.8, 4) is 0 Å². The molecule has 1 aromatic carbocycles. The van der Waals surface area contributed by atoms with Gasteiger partial charge in [-0.15, -0.1) is 0 Å². The summed E-state index contributed by atoms with van der Waals surface area (Å²) in [6.07, 6.45) is 2.28. The number of sulfone groups is 1. The fourth-order valence-electron chi connectivity index (χ4n) is 2.62. The molecule has 1 aromatic rings. The van der Waals surface area contributed by atoms with E-state index in [0.717, 1.165) is 25.9 Å². The third-order valence-corrected chi connectivity index (χ3v) is 5.79. The quantitative estimate of drug-likeness (QED) is 0.868. The van der Waals surface area contributed by atoms with E-state index in [1.54, 1.807) is 0 Å². The summed E-state index contributed by atoms with van der Waals surface area (Å²) >= 11 is 0. The Hall–Kier alpha value is -1.40. The summed E-state index contributed by atoms with van der Waals surface area (Å²) in [6.45, 7) is 4.64. The van der Waals surface area contributed by atoms with Crippen LogP contribution in [0.1, 0.15) is 30.1 Å². The molecule has 1 heterocycles. The van der Waals surface area contributed by atoms with Gasteiger partial charge in [0.15, 0.2) is 9.84 Å². The summed E-state index contributed by atoms with van der Waals surface area (Å²) in [4.78, 5) is 13.1. The Kier molecular flexibility index (Phi) is 5.00. The van der Waals surface area contributed by atoms with Crippen LogP contribution in [0.15, 0.2) is 29.2 Å². The number of carboxylic acid groups (broad SMARTS) is 1. The van der Waals surface area contributed by atoms with Crippen molar-refractivity contribution in [1.82, 2.24) is 4.90 Å². The number of benzene rings is 1. The van der Waals surface area contributed by atoms with Gasteiger partial charge in [0, 0.05) is 13.1 Å². The maximum atomic E-state index is 12.2. The van der Waals surface area contributed by atoms with Gasteiger partial charge in [-0.2, -0.15) is 0 Å². The van der Waals surface area contributed by atoms with E-state index in [2.05, 4.69) is 11.8 Å². The molecule has 21 heavy (non-hydrogen) atoms. The summed E-state index contributed by atoms with van der Waals surface area (Å²) in [6, 6.07) is 5.41. The second-order valence-corrected chi connectivity index (χ2v) is 7.62. The molecule has 0 spiro atoms. The van der Waals surface area contributed by atoms with Gasteiger partial charge >= 0.3 is 5.97 Å². The van der Waals surface area contributed by atoms with E-state index < -0.39 is 15.8 Å². The van der Waals surface area contributed by atoms with Crippen LogP contribution in [0.2, 0.25) is 0 Å². The minimum atomic E-state index is -3.35. The summed E-state index contributed by atoms with van der Waals surface area (Å²) in [5.41, 5.74) is 0.0966. The van der Waals surface area contributed by atoms with Gasteiger partial charge in [0.1, 0.15) is 0 Å². The van der Waals surface area contributed by atoms with Crippen molar-refractivity contribution in [3.05, 3.63) is 29.8 Å². The molecule has 1 saturated heterocycles. The molecule has 0 radical (unpaired) electrons. The normalized spacial score (nSPS) is 19.8. The van der Waals surface area contributed by atoms with Crippen molar-refractivity contribution in [2.75, 3.05) is 25.4 Å². The zero-order valence-corrected chi connectivity index (χ0v) is 13.0. The summed E-state index contributed by atoms with van der Waals surface area (Å²) < 4.78 is 24.5. The van der Waals surface area contributed by atoms with Crippen LogP contribution in [0.25, 0.3) is 0 Å². The van der Waals surface area contributed by atoms with E-state index in [9.17, 15) is 13.2 Å². The predicted molar refractivity (Wildman–Crippen MR) is 80.3 cm³/mol. The number of hydrogen-bond donors (Lipinski definition) is 1. The average Bonchev–Trinajstić information content (AvgIpc) is 2.93. The first kappa shape index (κ1) is 16.0. The van der Waals surface area contributed by atoms with Crippen LogP contribution >= 0.6 is 0 Å². The lowest BCUT2D eigenvalue weighted by Crippen LogP contribution is -2.27. The Morgan fingerprint density at radius 1 is 1.33 bits per heavy atom. The molecule has 0 aliphatic carbocycles. The highest BCUT2D eigenvalue weighted by molar-refractivity contribution is 7.91. The second-order valence-electron chi connectivity index (χ2n) is 5.51. The first-order valence-electron chi connectivity index (χ1n) is 7.21. The molecule has 5 nitrogen and oxygen atoms in total. The van der Waals surface area contributed by atoms with Crippen molar-refractivity contribution >= 4 is 15.8 Å². The van der Waals surface area contributed by atoms with E-state index >= 15 is 0 Å². The first-order valence-corrected chi connectivity index (χ1v) is 8.86. The molecule has 1 atom stereocenters. The van der Waals surface area contributed by atoms with Crippen LogP contribution in [-0.4, -0.2) is 49.8 Å². The number of hydrogen-bond acceptors (Lipinski definition) is 4. The third-order valence-electron chi connectivity index (χ3n) is 4.08. The average molecular weight is 311 g/mol. The summed E-state index contributed by atoms with van der Waals surface area (Å²) in [5, 5.41) is 8.82.